The van der Waals surface area contributed by atoms with E-state index >= 15 is 0 Å². The zero-order valence-electron chi connectivity index (χ0n) is 17.7. The molecule has 158 valence electrons. The van der Waals surface area contributed by atoms with E-state index in [1.807, 2.05) is 19.2 Å². The minimum absolute atomic E-state index is 0.643. The molecule has 1 aromatic carbocycles. The molecule has 0 aliphatic carbocycles. The molecule has 1 heterocycles. The normalized spacial score (nSPS) is 15.0. The van der Waals surface area contributed by atoms with Crippen molar-refractivity contribution in [3.8, 4) is 5.75 Å². The van der Waals surface area contributed by atoms with Crippen molar-refractivity contribution in [1.29, 1.82) is 0 Å². The molecule has 0 unspecified atom stereocenters. The summed E-state index contributed by atoms with van der Waals surface area (Å²) in [5.74, 6) is 1.83. The Bertz CT molecular complexity index is 557. The van der Waals surface area contributed by atoms with Crippen LogP contribution in [0.2, 0.25) is 0 Å². The van der Waals surface area contributed by atoms with E-state index in [2.05, 4.69) is 39.2 Å². The molecule has 0 saturated carbocycles. The van der Waals surface area contributed by atoms with E-state index in [0.29, 0.717) is 19.8 Å². The van der Waals surface area contributed by atoms with Crippen LogP contribution in [0.3, 0.4) is 0 Å². The highest BCUT2D eigenvalue weighted by Crippen LogP contribution is 2.20. The van der Waals surface area contributed by atoms with Gasteiger partial charge in [-0.2, -0.15) is 0 Å². The summed E-state index contributed by atoms with van der Waals surface area (Å²) in [6.45, 7) is 9.53. The number of methoxy groups -OCH3 is 1. The first-order valence-electron chi connectivity index (χ1n) is 10.3. The molecule has 1 fully saturated rings. The van der Waals surface area contributed by atoms with Gasteiger partial charge >= 0.3 is 0 Å². The van der Waals surface area contributed by atoms with Crippen LogP contribution < -0.4 is 15.0 Å². The molecule has 7 nitrogen and oxygen atoms in total. The van der Waals surface area contributed by atoms with Crippen molar-refractivity contribution in [1.82, 2.24) is 10.2 Å². The molecule has 28 heavy (non-hydrogen) atoms. The first-order valence-corrected chi connectivity index (χ1v) is 10.3. The molecule has 2 rings (SSSR count). The van der Waals surface area contributed by atoms with Gasteiger partial charge in [0.1, 0.15) is 5.75 Å². The largest absolute Gasteiger partial charge is 0.497 e. The van der Waals surface area contributed by atoms with Crippen LogP contribution in [0.15, 0.2) is 29.3 Å². The van der Waals surface area contributed by atoms with Crippen LogP contribution in [0.25, 0.3) is 0 Å². The van der Waals surface area contributed by atoms with Crippen molar-refractivity contribution in [3.63, 3.8) is 0 Å². The van der Waals surface area contributed by atoms with Crippen LogP contribution in [0, 0.1) is 0 Å². The fraction of sp³-hybridized carbons (Fsp3) is 0.667. The highest BCUT2D eigenvalue weighted by Gasteiger charge is 2.19. The summed E-state index contributed by atoms with van der Waals surface area (Å²) in [5.41, 5.74) is 1.23. The van der Waals surface area contributed by atoms with Crippen LogP contribution >= 0.6 is 0 Å². The molecular weight excluding hydrogens is 356 g/mol. The van der Waals surface area contributed by atoms with Gasteiger partial charge in [-0.05, 0) is 30.7 Å². The van der Waals surface area contributed by atoms with Crippen molar-refractivity contribution in [2.75, 3.05) is 78.2 Å². The van der Waals surface area contributed by atoms with E-state index in [1.165, 1.54) is 5.69 Å². The smallest absolute Gasteiger partial charge is 0.193 e. The lowest BCUT2D eigenvalue weighted by atomic mass is 10.2. The number of aliphatic imine (C=N–C) groups is 1. The maximum absolute atomic E-state index is 5.61. The number of anilines is 1. The number of nitrogens with one attached hydrogen (secondary N) is 1. The fourth-order valence-electron chi connectivity index (χ4n) is 3.11. The molecule has 0 atom stereocenters. The second-order valence-corrected chi connectivity index (χ2v) is 6.72. The van der Waals surface area contributed by atoms with Gasteiger partial charge in [0.15, 0.2) is 5.96 Å². The van der Waals surface area contributed by atoms with Crippen molar-refractivity contribution in [2.45, 2.75) is 19.8 Å². The number of rotatable bonds is 11. The Kier molecular flexibility index (Phi) is 10.5. The summed E-state index contributed by atoms with van der Waals surface area (Å²) in [4.78, 5) is 9.11. The summed E-state index contributed by atoms with van der Waals surface area (Å²) in [6, 6.07) is 8.25. The minimum atomic E-state index is 0.643. The van der Waals surface area contributed by atoms with E-state index in [-0.39, 0.29) is 0 Å². The summed E-state index contributed by atoms with van der Waals surface area (Å²) in [7, 11) is 3.53. The number of nitrogens with zero attached hydrogens (tertiary/aromatic N) is 3. The van der Waals surface area contributed by atoms with E-state index in [0.717, 1.165) is 63.9 Å². The number of hydrogen-bond acceptors (Lipinski definition) is 5. The lowest BCUT2D eigenvalue weighted by Gasteiger charge is -2.37. The first kappa shape index (κ1) is 22.3. The average molecular weight is 393 g/mol. The molecule has 0 radical (unpaired) electrons. The number of benzene rings is 1. The summed E-state index contributed by atoms with van der Waals surface area (Å²) < 4.78 is 16.3. The zero-order chi connectivity index (χ0) is 20.0. The third kappa shape index (κ3) is 7.56. The first-order chi connectivity index (χ1) is 13.8. The molecule has 7 heteroatoms. The monoisotopic (exact) mass is 392 g/mol. The van der Waals surface area contributed by atoms with Crippen molar-refractivity contribution in [2.24, 2.45) is 4.99 Å². The molecule has 1 aliphatic rings. The third-order valence-corrected chi connectivity index (χ3v) is 4.77. The number of unbranched alkanes of at least 4 members (excludes halogenated alkanes) is 1. The van der Waals surface area contributed by atoms with Crippen molar-refractivity contribution < 1.29 is 14.2 Å². The Morgan fingerprint density at radius 3 is 2.29 bits per heavy atom. The van der Waals surface area contributed by atoms with Gasteiger partial charge in [0, 0.05) is 52.1 Å². The number of hydrogen-bond donors (Lipinski definition) is 1. The Morgan fingerprint density at radius 1 is 1.00 bits per heavy atom. The molecule has 1 saturated heterocycles. The number of ether oxygens (including phenoxy) is 3. The van der Waals surface area contributed by atoms with E-state index in [9.17, 15) is 0 Å². The lowest BCUT2D eigenvalue weighted by Crippen LogP contribution is -2.53. The predicted octanol–water partition coefficient (Wildman–Crippen LogP) is 2.23. The Hall–Kier alpha value is -1.99. The summed E-state index contributed by atoms with van der Waals surface area (Å²) in [6.07, 6.45) is 2.28. The van der Waals surface area contributed by atoms with E-state index in [1.54, 1.807) is 7.11 Å². The van der Waals surface area contributed by atoms with Gasteiger partial charge in [-0.1, -0.05) is 13.3 Å². The zero-order valence-corrected chi connectivity index (χ0v) is 17.7. The second-order valence-electron chi connectivity index (χ2n) is 6.72. The highest BCUT2D eigenvalue weighted by atomic mass is 16.5. The van der Waals surface area contributed by atoms with Crippen molar-refractivity contribution in [3.05, 3.63) is 24.3 Å². The van der Waals surface area contributed by atoms with Gasteiger partial charge in [-0.15, -0.1) is 0 Å². The summed E-state index contributed by atoms with van der Waals surface area (Å²) >= 11 is 0. The van der Waals surface area contributed by atoms with E-state index < -0.39 is 0 Å². The maximum Gasteiger partial charge on any atom is 0.193 e. The standard InChI is InChI=1S/C21H36N4O3/c1-4-5-15-27-17-18-28-16-10-23-21(22-2)25-13-11-24(12-14-25)19-6-8-20(26-3)9-7-19/h6-9H,4-5,10-18H2,1-3H3,(H,22,23). The van der Waals surface area contributed by atoms with Gasteiger partial charge in [-0.3, -0.25) is 4.99 Å². The average Bonchev–Trinajstić information content (AvgIpc) is 2.75. The minimum Gasteiger partial charge on any atom is -0.497 e. The quantitative estimate of drug-likeness (QED) is 0.354. The lowest BCUT2D eigenvalue weighted by molar-refractivity contribution is 0.0486. The van der Waals surface area contributed by atoms with Gasteiger partial charge in [0.25, 0.3) is 0 Å². The summed E-state index contributed by atoms with van der Waals surface area (Å²) in [5, 5.41) is 3.40. The second kappa shape index (κ2) is 13.2. The Morgan fingerprint density at radius 2 is 1.68 bits per heavy atom. The Balaban J connectivity index is 1.62. The van der Waals surface area contributed by atoms with Crippen molar-refractivity contribution >= 4 is 11.6 Å². The van der Waals surface area contributed by atoms with Crippen LogP contribution in [-0.2, 0) is 9.47 Å². The van der Waals surface area contributed by atoms with Crippen LogP contribution in [0.5, 0.6) is 5.75 Å². The molecule has 0 bridgehead atoms. The molecule has 1 aliphatic heterocycles. The van der Waals surface area contributed by atoms with E-state index in [4.69, 9.17) is 14.2 Å². The topological polar surface area (TPSA) is 58.6 Å². The van der Waals surface area contributed by atoms with Gasteiger partial charge in [0.05, 0.1) is 26.9 Å². The molecule has 1 aromatic rings. The number of guanidine groups is 1. The maximum atomic E-state index is 5.61. The highest BCUT2D eigenvalue weighted by molar-refractivity contribution is 5.80. The molecule has 0 spiro atoms. The predicted molar refractivity (Wildman–Crippen MR) is 115 cm³/mol. The molecule has 1 N–H and O–H groups in total. The van der Waals surface area contributed by atoms with Crippen LogP contribution in [0.1, 0.15) is 19.8 Å². The molecule has 0 amide bonds. The molecular formula is C21H36N4O3. The van der Waals surface area contributed by atoms with Crippen LogP contribution in [0.4, 0.5) is 5.69 Å². The van der Waals surface area contributed by atoms with Gasteiger partial charge in [-0.25, -0.2) is 0 Å². The Labute approximate surface area is 169 Å². The van der Waals surface area contributed by atoms with Gasteiger partial charge in [0.2, 0.25) is 0 Å². The fourth-order valence-corrected chi connectivity index (χ4v) is 3.11. The molecule has 0 aromatic heterocycles. The van der Waals surface area contributed by atoms with Gasteiger partial charge < -0.3 is 29.3 Å². The van der Waals surface area contributed by atoms with Crippen LogP contribution in [-0.4, -0.2) is 84.2 Å². The number of piperazine rings is 1. The third-order valence-electron chi connectivity index (χ3n) is 4.77. The SMILES string of the molecule is CCCCOCCOCCNC(=NC)N1CCN(c2ccc(OC)cc2)CC1.